The lowest BCUT2D eigenvalue weighted by Gasteiger charge is -2.36. The van der Waals surface area contributed by atoms with Crippen LogP contribution < -0.4 is 10.6 Å². The van der Waals surface area contributed by atoms with Crippen LogP contribution in [0.3, 0.4) is 0 Å². The predicted molar refractivity (Wildman–Crippen MR) is 98.3 cm³/mol. The van der Waals surface area contributed by atoms with E-state index in [0.29, 0.717) is 5.56 Å². The molecule has 0 spiro atoms. The molecule has 0 aromatic heterocycles. The molecule has 1 fully saturated rings. The fourth-order valence-electron chi connectivity index (χ4n) is 3.25. The van der Waals surface area contributed by atoms with Crippen molar-refractivity contribution in [2.45, 2.75) is 19.9 Å². The van der Waals surface area contributed by atoms with Gasteiger partial charge in [0.05, 0.1) is 0 Å². The number of carbonyl (C=O) groups is 1. The van der Waals surface area contributed by atoms with Crippen LogP contribution in [0.5, 0.6) is 0 Å². The summed E-state index contributed by atoms with van der Waals surface area (Å²) < 4.78 is 0. The van der Waals surface area contributed by atoms with Gasteiger partial charge in [-0.05, 0) is 35.7 Å². The third kappa shape index (κ3) is 3.77. The first kappa shape index (κ1) is 16.5. The van der Waals surface area contributed by atoms with Crippen molar-refractivity contribution in [3.63, 3.8) is 0 Å². The Labute approximate surface area is 143 Å². The number of hydrogen-bond acceptors (Lipinski definition) is 3. The number of aryl methyl sites for hydroxylation is 1. The summed E-state index contributed by atoms with van der Waals surface area (Å²) in [7, 11) is 0. The molecule has 1 aliphatic rings. The number of nitrogens with zero attached hydrogens (tertiary/aromatic N) is 2. The molecule has 1 amide bonds. The van der Waals surface area contributed by atoms with Gasteiger partial charge >= 0.3 is 0 Å². The van der Waals surface area contributed by atoms with Crippen molar-refractivity contribution in [2.24, 2.45) is 5.73 Å². The lowest BCUT2D eigenvalue weighted by Crippen LogP contribution is -2.46. The highest BCUT2D eigenvalue weighted by molar-refractivity contribution is 5.94. The second-order valence-electron chi connectivity index (χ2n) is 6.30. The minimum atomic E-state index is -0.347. The molecule has 4 heteroatoms. The quantitative estimate of drug-likeness (QED) is 0.920. The first-order chi connectivity index (χ1) is 11.7. The highest BCUT2D eigenvalue weighted by Gasteiger charge is 2.18. The van der Waals surface area contributed by atoms with Crippen LogP contribution in [0.15, 0.2) is 48.5 Å². The van der Waals surface area contributed by atoms with Crippen LogP contribution in [0.4, 0.5) is 5.69 Å². The largest absolute Gasteiger partial charge is 0.369 e. The Morgan fingerprint density at radius 1 is 1.00 bits per heavy atom. The lowest BCUT2D eigenvalue weighted by molar-refractivity contribution is 0.0998. The molecule has 0 bridgehead atoms. The molecule has 2 aromatic carbocycles. The van der Waals surface area contributed by atoms with E-state index in [1.807, 2.05) is 24.3 Å². The van der Waals surface area contributed by atoms with Crippen LogP contribution in [0.25, 0.3) is 0 Å². The van der Waals surface area contributed by atoms with Crippen LogP contribution in [0.2, 0.25) is 0 Å². The average molecular weight is 323 g/mol. The predicted octanol–water partition coefficient (Wildman–Crippen LogP) is 2.67. The summed E-state index contributed by atoms with van der Waals surface area (Å²) >= 11 is 0. The highest BCUT2D eigenvalue weighted by Crippen LogP contribution is 2.19. The highest BCUT2D eigenvalue weighted by atomic mass is 16.1. The SMILES string of the molecule is CCc1ccc(N2CCN(Cc3ccccc3C(N)=O)CC2)cc1. The second kappa shape index (κ2) is 7.49. The molecule has 0 radical (unpaired) electrons. The number of piperazine rings is 1. The van der Waals surface area contributed by atoms with E-state index in [2.05, 4.69) is 41.0 Å². The molecule has 0 saturated carbocycles. The monoisotopic (exact) mass is 323 g/mol. The van der Waals surface area contributed by atoms with Gasteiger partial charge in [0, 0.05) is 44.0 Å². The van der Waals surface area contributed by atoms with Crippen LogP contribution in [0.1, 0.15) is 28.4 Å². The summed E-state index contributed by atoms with van der Waals surface area (Å²) in [6, 6.07) is 16.5. The number of hydrogen-bond donors (Lipinski definition) is 1. The number of carbonyl (C=O) groups excluding carboxylic acids is 1. The van der Waals surface area contributed by atoms with Crippen LogP contribution in [-0.4, -0.2) is 37.0 Å². The average Bonchev–Trinajstić information content (AvgIpc) is 2.63. The van der Waals surface area contributed by atoms with Gasteiger partial charge in [0.2, 0.25) is 5.91 Å². The van der Waals surface area contributed by atoms with Crippen LogP contribution in [0, 0.1) is 0 Å². The van der Waals surface area contributed by atoms with Crippen molar-refractivity contribution in [1.82, 2.24) is 4.90 Å². The van der Waals surface area contributed by atoms with Crippen LogP contribution >= 0.6 is 0 Å². The molecular formula is C20H25N3O. The Bertz CT molecular complexity index is 688. The first-order valence-corrected chi connectivity index (χ1v) is 8.61. The normalized spacial score (nSPS) is 15.5. The molecule has 24 heavy (non-hydrogen) atoms. The zero-order valence-corrected chi connectivity index (χ0v) is 14.2. The molecule has 0 atom stereocenters. The van der Waals surface area contributed by atoms with E-state index in [4.69, 9.17) is 5.73 Å². The Hall–Kier alpha value is -2.33. The Morgan fingerprint density at radius 3 is 2.29 bits per heavy atom. The Morgan fingerprint density at radius 2 is 1.67 bits per heavy atom. The maximum Gasteiger partial charge on any atom is 0.249 e. The number of rotatable bonds is 5. The smallest absolute Gasteiger partial charge is 0.249 e. The third-order valence-corrected chi connectivity index (χ3v) is 4.76. The van der Waals surface area contributed by atoms with Crippen LogP contribution in [-0.2, 0) is 13.0 Å². The van der Waals surface area contributed by atoms with E-state index in [1.165, 1.54) is 11.3 Å². The first-order valence-electron chi connectivity index (χ1n) is 8.61. The fourth-order valence-corrected chi connectivity index (χ4v) is 3.25. The Balaban J connectivity index is 1.60. The van der Waals surface area contributed by atoms with Crippen molar-refractivity contribution in [3.05, 3.63) is 65.2 Å². The van der Waals surface area contributed by atoms with Crippen molar-refractivity contribution in [3.8, 4) is 0 Å². The molecule has 1 aliphatic heterocycles. The minimum Gasteiger partial charge on any atom is -0.369 e. The number of anilines is 1. The summed E-state index contributed by atoms with van der Waals surface area (Å²) in [6.45, 7) is 6.94. The summed E-state index contributed by atoms with van der Waals surface area (Å²) in [5.41, 5.74) is 9.80. The number of benzene rings is 2. The van der Waals surface area contributed by atoms with Gasteiger partial charge in [-0.3, -0.25) is 9.69 Å². The van der Waals surface area contributed by atoms with Gasteiger partial charge in [0.15, 0.2) is 0 Å². The van der Waals surface area contributed by atoms with Gasteiger partial charge in [0.25, 0.3) is 0 Å². The van der Waals surface area contributed by atoms with E-state index in [9.17, 15) is 4.79 Å². The van der Waals surface area contributed by atoms with Gasteiger partial charge in [-0.2, -0.15) is 0 Å². The second-order valence-corrected chi connectivity index (χ2v) is 6.30. The summed E-state index contributed by atoms with van der Waals surface area (Å²) in [5, 5.41) is 0. The maximum absolute atomic E-state index is 11.5. The summed E-state index contributed by atoms with van der Waals surface area (Å²) in [5.74, 6) is -0.347. The standard InChI is InChI=1S/C20H25N3O/c1-2-16-7-9-18(10-8-16)23-13-11-22(12-14-23)15-17-5-3-4-6-19(17)20(21)24/h3-10H,2,11-15H2,1H3,(H2,21,24). The molecule has 0 aliphatic carbocycles. The van der Waals surface area contributed by atoms with Crippen molar-refractivity contribution in [1.29, 1.82) is 0 Å². The number of amides is 1. The maximum atomic E-state index is 11.5. The molecule has 1 saturated heterocycles. The number of primary amides is 1. The lowest BCUT2D eigenvalue weighted by atomic mass is 10.1. The summed E-state index contributed by atoms with van der Waals surface area (Å²) in [6.07, 6.45) is 1.08. The van der Waals surface area contributed by atoms with Gasteiger partial charge in [0.1, 0.15) is 0 Å². The van der Waals surface area contributed by atoms with Crippen molar-refractivity contribution in [2.75, 3.05) is 31.1 Å². The van der Waals surface area contributed by atoms with E-state index in [1.54, 1.807) is 0 Å². The van der Waals surface area contributed by atoms with E-state index in [0.717, 1.165) is 44.7 Å². The zero-order chi connectivity index (χ0) is 16.9. The topological polar surface area (TPSA) is 49.6 Å². The Kier molecular flexibility index (Phi) is 5.16. The summed E-state index contributed by atoms with van der Waals surface area (Å²) in [4.78, 5) is 16.4. The molecule has 126 valence electrons. The molecule has 3 rings (SSSR count). The van der Waals surface area contributed by atoms with Crippen molar-refractivity contribution < 1.29 is 4.79 Å². The molecular weight excluding hydrogens is 298 g/mol. The zero-order valence-electron chi connectivity index (χ0n) is 14.2. The van der Waals surface area contributed by atoms with Crippen molar-refractivity contribution >= 4 is 11.6 Å². The molecule has 1 heterocycles. The number of nitrogens with two attached hydrogens (primary N) is 1. The fraction of sp³-hybridized carbons (Fsp3) is 0.350. The van der Waals surface area contributed by atoms with E-state index < -0.39 is 0 Å². The van der Waals surface area contributed by atoms with E-state index >= 15 is 0 Å². The third-order valence-electron chi connectivity index (χ3n) is 4.76. The molecule has 2 N–H and O–H groups in total. The molecule has 2 aromatic rings. The van der Waals surface area contributed by atoms with E-state index in [-0.39, 0.29) is 5.91 Å². The van der Waals surface area contributed by atoms with Gasteiger partial charge < -0.3 is 10.6 Å². The van der Waals surface area contributed by atoms with Gasteiger partial charge in [-0.15, -0.1) is 0 Å². The van der Waals surface area contributed by atoms with Gasteiger partial charge in [-0.1, -0.05) is 37.3 Å². The van der Waals surface area contributed by atoms with Gasteiger partial charge in [-0.25, -0.2) is 0 Å². The molecule has 4 nitrogen and oxygen atoms in total. The molecule has 0 unspecified atom stereocenters. The minimum absolute atomic E-state index is 0.347.